The highest BCUT2D eigenvalue weighted by atomic mass is 28.5. The molecule has 0 saturated carbocycles. The van der Waals surface area contributed by atoms with Gasteiger partial charge < -0.3 is 28.0 Å². The molecule has 0 fully saturated rings. The van der Waals surface area contributed by atoms with E-state index in [4.69, 9.17) is 12.7 Å². The summed E-state index contributed by atoms with van der Waals surface area (Å²) in [6.07, 6.45) is 6.29. The van der Waals surface area contributed by atoms with Crippen LogP contribution in [0.15, 0.2) is 85.5 Å². The zero-order valence-electron chi connectivity index (χ0n) is 29.8. The third-order valence-electron chi connectivity index (χ3n) is 6.83. The molecule has 3 N–H and O–H groups in total. The molecule has 0 aromatic heterocycles. The van der Waals surface area contributed by atoms with Crippen molar-refractivity contribution in [2.45, 2.75) is 104 Å². The van der Waals surface area contributed by atoms with Crippen LogP contribution < -0.4 is 0 Å². The lowest BCUT2D eigenvalue weighted by atomic mass is 10.1. The fraction of sp³-hybridized carbons (Fsp3) is 0.444. The summed E-state index contributed by atoms with van der Waals surface area (Å²) < 4.78 is 22.4. The van der Waals surface area contributed by atoms with E-state index in [1.807, 2.05) is 68.4 Å². The molecule has 0 saturated heterocycles. The van der Waals surface area contributed by atoms with Gasteiger partial charge in [-0.1, -0.05) is 74.5 Å². The summed E-state index contributed by atoms with van der Waals surface area (Å²) >= 11 is 0. The van der Waals surface area contributed by atoms with Gasteiger partial charge in [-0.15, -0.1) is 6.58 Å². The topological polar surface area (TPSA) is 96.2 Å². The van der Waals surface area contributed by atoms with Crippen molar-refractivity contribution in [3.63, 3.8) is 0 Å². The first kappa shape index (κ1) is 43.4. The Morgan fingerprint density at radius 3 is 1.26 bits per heavy atom. The van der Waals surface area contributed by atoms with E-state index in [-0.39, 0.29) is 0 Å². The number of phenolic OH excluding ortho intramolecular Hbond substituents is 3. The van der Waals surface area contributed by atoms with E-state index in [9.17, 15) is 15.3 Å². The van der Waals surface area contributed by atoms with Crippen molar-refractivity contribution in [2.75, 3.05) is 0 Å². The maximum absolute atomic E-state index is 9.97. The highest BCUT2D eigenvalue weighted by molar-refractivity contribution is 6.87. The minimum absolute atomic E-state index is 0.349. The third kappa shape index (κ3) is 19.1. The number of phenols is 3. The van der Waals surface area contributed by atoms with Gasteiger partial charge in [0.2, 0.25) is 0 Å². The van der Waals surface area contributed by atoms with E-state index in [0.29, 0.717) is 17.2 Å². The van der Waals surface area contributed by atoms with Gasteiger partial charge in [0.15, 0.2) is 16.6 Å². The molecule has 46 heavy (non-hydrogen) atoms. The number of hydrogen-bond donors (Lipinski definition) is 3. The van der Waals surface area contributed by atoms with Crippen LogP contribution in [0.2, 0.25) is 57.9 Å². The molecule has 3 aromatic rings. The average Bonchev–Trinajstić information content (AvgIpc) is 2.97. The first-order chi connectivity index (χ1) is 21.6. The molecule has 0 heterocycles. The summed E-state index contributed by atoms with van der Waals surface area (Å²) in [6.45, 7) is 22.7. The number of allylic oxidation sites excluding steroid dienone is 1. The van der Waals surface area contributed by atoms with Gasteiger partial charge in [0.25, 0.3) is 9.41 Å². The highest BCUT2D eigenvalue weighted by Gasteiger charge is 2.39. The highest BCUT2D eigenvalue weighted by Crippen LogP contribution is 2.28. The molecule has 3 aromatic carbocycles. The lowest BCUT2D eigenvalue weighted by Crippen LogP contribution is -2.52. The first-order valence-corrected chi connectivity index (χ1v) is 27.0. The summed E-state index contributed by atoms with van der Waals surface area (Å²) in [7, 11) is -6.44. The van der Waals surface area contributed by atoms with Gasteiger partial charge in [0.1, 0.15) is 17.2 Å². The first-order valence-electron chi connectivity index (χ1n) is 16.4. The molecule has 0 spiro atoms. The Morgan fingerprint density at radius 1 is 0.652 bits per heavy atom. The molecule has 0 atom stereocenters. The standard InChI is InChI=1S/C24H40O4Si3.C9H10O.C2H6.CH4OSi/c1-29(2,19-11-15-21-13-7-9-17-23(21)25)27-31(5,6)28-30(3,4)20-12-16-22-14-8-10-18-24(22)26;1-2-5-8-6-3-4-7-9(8)10;1-2;1-3-2/h7-10,13-14,17-18,25-26H,11-12,15-16,19-20H2,1-6H3;2-4,6-7,10H,1,5H2;1-2H3;3H,1H3. The van der Waals surface area contributed by atoms with E-state index < -0.39 is 34.6 Å². The summed E-state index contributed by atoms with van der Waals surface area (Å²) in [5.74, 6) is 1.12. The van der Waals surface area contributed by atoms with Crippen LogP contribution in [0, 0.1) is 0 Å². The lowest BCUT2D eigenvalue weighted by molar-refractivity contribution is 0.386. The van der Waals surface area contributed by atoms with Crippen molar-refractivity contribution in [3.8, 4) is 17.2 Å². The Balaban J connectivity index is 0.00000112. The summed E-state index contributed by atoms with van der Waals surface area (Å²) in [6, 6.07) is 24.6. The summed E-state index contributed by atoms with van der Waals surface area (Å²) in [5.41, 5.74) is 2.95. The Hall–Kier alpha value is -2.61. The Morgan fingerprint density at radius 2 is 0.957 bits per heavy atom. The predicted octanol–water partition coefficient (Wildman–Crippen LogP) is 9.77. The van der Waals surface area contributed by atoms with E-state index in [2.05, 4.69) is 45.9 Å². The second kappa shape index (κ2) is 22.8. The molecule has 10 heteroatoms. The van der Waals surface area contributed by atoms with Crippen LogP contribution in [0.25, 0.3) is 0 Å². The largest absolute Gasteiger partial charge is 0.508 e. The Labute approximate surface area is 284 Å². The van der Waals surface area contributed by atoms with Crippen molar-refractivity contribution in [1.82, 2.24) is 0 Å². The average molecular weight is 701 g/mol. The minimum atomic E-state index is -2.23. The van der Waals surface area contributed by atoms with Crippen LogP contribution in [-0.2, 0) is 32.0 Å². The van der Waals surface area contributed by atoms with Crippen LogP contribution in [0.4, 0.5) is 0 Å². The van der Waals surface area contributed by atoms with E-state index in [1.54, 1.807) is 30.8 Å². The van der Waals surface area contributed by atoms with Crippen molar-refractivity contribution in [2.24, 2.45) is 0 Å². The maximum Gasteiger partial charge on any atom is 0.311 e. The summed E-state index contributed by atoms with van der Waals surface area (Å²) in [5, 5.41) is 29.1. The smallest absolute Gasteiger partial charge is 0.311 e. The van der Waals surface area contributed by atoms with E-state index in [1.165, 1.54) is 0 Å². The van der Waals surface area contributed by atoms with Crippen LogP contribution in [0.5, 0.6) is 17.2 Å². The number of rotatable bonds is 14. The quantitative estimate of drug-likeness (QED) is 0.114. The van der Waals surface area contributed by atoms with Crippen LogP contribution >= 0.6 is 0 Å². The Bertz CT molecular complexity index is 1210. The molecule has 0 aliphatic carbocycles. The number of aryl methyl sites for hydroxylation is 2. The van der Waals surface area contributed by atoms with E-state index >= 15 is 0 Å². The number of para-hydroxylation sites is 3. The maximum atomic E-state index is 9.97. The molecule has 0 radical (unpaired) electrons. The monoisotopic (exact) mass is 700 g/mol. The van der Waals surface area contributed by atoms with Crippen LogP contribution in [-0.4, -0.2) is 49.9 Å². The fourth-order valence-electron chi connectivity index (χ4n) is 5.15. The fourth-order valence-corrected chi connectivity index (χ4v) is 19.2. The second-order valence-corrected chi connectivity index (χ2v) is 25.4. The van der Waals surface area contributed by atoms with Crippen molar-refractivity contribution in [3.05, 3.63) is 102 Å². The molecule has 0 bridgehead atoms. The molecule has 0 unspecified atom stereocenters. The SMILES string of the molecule is C=CCc1ccccc1O.CC.C[SiH]=O.C[Si](C)(CCCc1ccccc1O)O[Si](C)(C)O[Si](C)(C)CCCc1ccccc1O. The predicted molar refractivity (Wildman–Crippen MR) is 204 cm³/mol. The summed E-state index contributed by atoms with van der Waals surface area (Å²) in [4.78, 5) is 0. The normalized spacial score (nSPS) is 11.1. The van der Waals surface area contributed by atoms with Gasteiger partial charge in [-0.3, -0.25) is 0 Å². The van der Waals surface area contributed by atoms with Gasteiger partial charge >= 0.3 is 8.56 Å². The van der Waals surface area contributed by atoms with Gasteiger partial charge in [-0.25, -0.2) is 0 Å². The van der Waals surface area contributed by atoms with Crippen LogP contribution in [0.3, 0.4) is 0 Å². The number of benzene rings is 3. The molecule has 6 nitrogen and oxygen atoms in total. The number of aromatic hydroxyl groups is 3. The third-order valence-corrected chi connectivity index (χ3v) is 18.3. The van der Waals surface area contributed by atoms with Crippen molar-refractivity contribution >= 4 is 34.6 Å². The molecular formula is C36H60O6Si4. The molecule has 3 rings (SSSR count). The van der Waals surface area contributed by atoms with Gasteiger partial charge in [-0.2, -0.15) is 0 Å². The van der Waals surface area contributed by atoms with Crippen molar-refractivity contribution < 1.29 is 28.0 Å². The van der Waals surface area contributed by atoms with Crippen LogP contribution in [0.1, 0.15) is 43.4 Å². The van der Waals surface area contributed by atoms with Gasteiger partial charge in [-0.05, 0) is 125 Å². The molecular weight excluding hydrogens is 641 g/mol. The number of hydrogen-bond acceptors (Lipinski definition) is 6. The molecule has 0 aliphatic heterocycles. The molecule has 0 aliphatic rings. The zero-order valence-corrected chi connectivity index (χ0v) is 34.0. The minimum Gasteiger partial charge on any atom is -0.508 e. The van der Waals surface area contributed by atoms with Crippen molar-refractivity contribution in [1.29, 1.82) is 0 Å². The molecule has 0 amide bonds. The Kier molecular flexibility index (Phi) is 21.5. The van der Waals surface area contributed by atoms with E-state index in [0.717, 1.165) is 60.9 Å². The van der Waals surface area contributed by atoms with Gasteiger partial charge in [0.05, 0.1) is 0 Å². The second-order valence-electron chi connectivity index (χ2n) is 12.4. The molecule has 256 valence electrons. The van der Waals surface area contributed by atoms with Gasteiger partial charge in [0, 0.05) is 0 Å². The lowest BCUT2D eigenvalue weighted by Gasteiger charge is -2.39. The zero-order chi connectivity index (χ0) is 35.2.